The molecule has 1 aliphatic carbocycles. The molecule has 2 saturated heterocycles. The Balaban J connectivity index is 1.53. The molecular weight excluding hydrogens is 277 g/mol. The average molecular weight is 307 g/mol. The maximum Gasteiger partial charge on any atom is 0.461 e. The molecule has 4 nitrogen and oxygen atoms in total. The number of amides is 1. The third-order valence-electron chi connectivity index (χ3n) is 6.21. The highest BCUT2D eigenvalue weighted by Gasteiger charge is 2.54. The molecule has 22 heavy (non-hydrogen) atoms. The van der Waals surface area contributed by atoms with Crippen molar-refractivity contribution in [2.75, 3.05) is 13.1 Å². The molecule has 0 unspecified atom stereocenters. The normalized spacial score (nSPS) is 29.3. The Hall–Kier alpha value is -0.545. The number of piperidine rings is 1. The number of carbonyl (C=O) groups is 1. The van der Waals surface area contributed by atoms with Gasteiger partial charge in [-0.25, -0.2) is 0 Å². The van der Waals surface area contributed by atoms with Crippen LogP contribution < -0.4 is 0 Å². The van der Waals surface area contributed by atoms with Crippen molar-refractivity contribution < 1.29 is 14.1 Å². The van der Waals surface area contributed by atoms with Gasteiger partial charge in [0.15, 0.2) is 0 Å². The molecule has 2 aliphatic heterocycles. The van der Waals surface area contributed by atoms with Crippen molar-refractivity contribution in [3.63, 3.8) is 0 Å². The Bertz CT molecular complexity index is 408. The van der Waals surface area contributed by atoms with Gasteiger partial charge >= 0.3 is 7.12 Å². The Labute approximate surface area is 135 Å². The third kappa shape index (κ3) is 2.94. The lowest BCUT2D eigenvalue weighted by Crippen LogP contribution is -2.43. The number of hydrogen-bond donors (Lipinski definition) is 0. The van der Waals surface area contributed by atoms with Gasteiger partial charge in [-0.05, 0) is 59.2 Å². The molecule has 3 aliphatic rings. The summed E-state index contributed by atoms with van der Waals surface area (Å²) in [6, 6.07) is 0. The van der Waals surface area contributed by atoms with Crippen molar-refractivity contribution in [1.29, 1.82) is 0 Å². The summed E-state index contributed by atoms with van der Waals surface area (Å²) in [7, 11) is -0.117. The fraction of sp³-hybridized carbons (Fsp3) is 0.941. The van der Waals surface area contributed by atoms with Crippen molar-refractivity contribution in [1.82, 2.24) is 4.90 Å². The first-order chi connectivity index (χ1) is 10.3. The van der Waals surface area contributed by atoms with Gasteiger partial charge in [0.2, 0.25) is 5.91 Å². The maximum absolute atomic E-state index is 12.5. The van der Waals surface area contributed by atoms with E-state index < -0.39 is 0 Å². The van der Waals surface area contributed by atoms with Crippen molar-refractivity contribution >= 4 is 13.0 Å². The van der Waals surface area contributed by atoms with Crippen LogP contribution in [0.1, 0.15) is 66.2 Å². The topological polar surface area (TPSA) is 38.8 Å². The van der Waals surface area contributed by atoms with Crippen LogP contribution in [0, 0.1) is 5.92 Å². The van der Waals surface area contributed by atoms with Crippen LogP contribution in [0.2, 0.25) is 5.82 Å². The fourth-order valence-electron chi connectivity index (χ4n) is 3.90. The van der Waals surface area contributed by atoms with Gasteiger partial charge in [-0.15, -0.1) is 0 Å². The van der Waals surface area contributed by atoms with E-state index in [0.29, 0.717) is 17.6 Å². The van der Waals surface area contributed by atoms with Crippen LogP contribution in [-0.2, 0) is 14.1 Å². The Morgan fingerprint density at radius 1 is 0.955 bits per heavy atom. The van der Waals surface area contributed by atoms with Gasteiger partial charge in [0.25, 0.3) is 0 Å². The summed E-state index contributed by atoms with van der Waals surface area (Å²) in [6.45, 7) is 10.1. The van der Waals surface area contributed by atoms with Gasteiger partial charge < -0.3 is 14.2 Å². The highest BCUT2D eigenvalue weighted by Crippen LogP contribution is 2.42. The first-order valence-corrected chi connectivity index (χ1v) is 8.94. The molecule has 3 rings (SSSR count). The van der Waals surface area contributed by atoms with Gasteiger partial charge in [0.05, 0.1) is 11.2 Å². The van der Waals surface area contributed by atoms with E-state index in [1.807, 2.05) is 0 Å². The molecule has 1 amide bonds. The van der Waals surface area contributed by atoms with Crippen LogP contribution in [0.5, 0.6) is 0 Å². The number of carbonyl (C=O) groups excluding carboxylic acids is 1. The molecule has 0 radical (unpaired) electrons. The van der Waals surface area contributed by atoms with E-state index in [4.69, 9.17) is 9.31 Å². The van der Waals surface area contributed by atoms with Crippen molar-refractivity contribution in [3.8, 4) is 0 Å². The molecule has 0 aromatic heterocycles. The van der Waals surface area contributed by atoms with Crippen LogP contribution in [0.25, 0.3) is 0 Å². The van der Waals surface area contributed by atoms with Crippen LogP contribution in [0.15, 0.2) is 0 Å². The molecule has 0 N–H and O–H groups in total. The molecule has 5 heteroatoms. The number of nitrogens with zero attached hydrogens (tertiary/aromatic N) is 1. The lowest BCUT2D eigenvalue weighted by molar-refractivity contribution is -0.136. The summed E-state index contributed by atoms with van der Waals surface area (Å²) in [5.41, 5.74) is -0.511. The molecule has 0 spiro atoms. The minimum absolute atomic E-state index is 0.117. The molecule has 0 atom stereocenters. The van der Waals surface area contributed by atoms with E-state index >= 15 is 0 Å². The summed E-state index contributed by atoms with van der Waals surface area (Å²) < 4.78 is 12.3. The minimum Gasteiger partial charge on any atom is -0.403 e. The van der Waals surface area contributed by atoms with Gasteiger partial charge in [0, 0.05) is 19.0 Å². The van der Waals surface area contributed by atoms with Crippen LogP contribution >= 0.6 is 0 Å². The molecule has 3 fully saturated rings. The molecular formula is C17H30BNO3. The SMILES string of the molecule is CC1(C)OB(C2CCN(C(=O)C3CCCC3)CC2)OC1(C)C. The first kappa shape index (κ1) is 16.3. The largest absolute Gasteiger partial charge is 0.461 e. The van der Waals surface area contributed by atoms with Gasteiger partial charge in [-0.1, -0.05) is 12.8 Å². The molecule has 1 saturated carbocycles. The van der Waals surface area contributed by atoms with E-state index in [1.165, 1.54) is 12.8 Å². The summed E-state index contributed by atoms with van der Waals surface area (Å²) in [4.78, 5) is 14.6. The zero-order valence-corrected chi connectivity index (χ0v) is 14.6. The molecule has 0 aromatic rings. The van der Waals surface area contributed by atoms with Crippen LogP contribution in [0.4, 0.5) is 0 Å². The summed E-state index contributed by atoms with van der Waals surface area (Å²) >= 11 is 0. The van der Waals surface area contributed by atoms with E-state index in [2.05, 4.69) is 32.6 Å². The second-order valence-electron chi connectivity index (χ2n) is 8.27. The second kappa shape index (κ2) is 5.83. The quantitative estimate of drug-likeness (QED) is 0.735. The van der Waals surface area contributed by atoms with E-state index in [-0.39, 0.29) is 18.3 Å². The van der Waals surface area contributed by atoms with Crippen molar-refractivity contribution in [3.05, 3.63) is 0 Å². The predicted molar refractivity (Wildman–Crippen MR) is 87.6 cm³/mol. The van der Waals surface area contributed by atoms with Gasteiger partial charge in [0.1, 0.15) is 0 Å². The zero-order chi connectivity index (χ0) is 16.0. The minimum atomic E-state index is -0.255. The number of rotatable bonds is 2. The zero-order valence-electron chi connectivity index (χ0n) is 14.6. The first-order valence-electron chi connectivity index (χ1n) is 8.94. The van der Waals surface area contributed by atoms with Crippen LogP contribution in [-0.4, -0.2) is 42.2 Å². The Morgan fingerprint density at radius 2 is 1.45 bits per heavy atom. The highest BCUT2D eigenvalue weighted by atomic mass is 16.7. The van der Waals surface area contributed by atoms with Crippen molar-refractivity contribution in [2.24, 2.45) is 5.92 Å². The maximum atomic E-state index is 12.5. The van der Waals surface area contributed by atoms with E-state index in [9.17, 15) is 4.79 Å². The lowest BCUT2D eigenvalue weighted by Gasteiger charge is -2.34. The van der Waals surface area contributed by atoms with Gasteiger partial charge in [-0.2, -0.15) is 0 Å². The third-order valence-corrected chi connectivity index (χ3v) is 6.21. The van der Waals surface area contributed by atoms with E-state index in [1.54, 1.807) is 0 Å². The van der Waals surface area contributed by atoms with E-state index in [0.717, 1.165) is 38.8 Å². The molecule has 0 bridgehead atoms. The smallest absolute Gasteiger partial charge is 0.403 e. The standard InChI is InChI=1S/C17H30BNO3/c1-16(2)17(3,4)22-18(21-16)14-9-11-19(12-10-14)15(20)13-7-5-6-8-13/h13-14H,5-12H2,1-4H3. The fourth-order valence-corrected chi connectivity index (χ4v) is 3.90. The molecule has 0 aromatic carbocycles. The highest BCUT2D eigenvalue weighted by molar-refractivity contribution is 6.47. The van der Waals surface area contributed by atoms with Gasteiger partial charge in [-0.3, -0.25) is 4.79 Å². The molecule has 2 heterocycles. The number of likely N-dealkylation sites (tertiary alicyclic amines) is 1. The average Bonchev–Trinajstić information content (AvgIpc) is 3.05. The summed E-state index contributed by atoms with van der Waals surface area (Å²) in [6.07, 6.45) is 6.62. The van der Waals surface area contributed by atoms with Crippen molar-refractivity contribution in [2.45, 2.75) is 83.2 Å². The summed E-state index contributed by atoms with van der Waals surface area (Å²) in [5, 5.41) is 0. The predicted octanol–water partition coefficient (Wildman–Crippen LogP) is 3.26. The monoisotopic (exact) mass is 307 g/mol. The molecule has 124 valence electrons. The second-order valence-corrected chi connectivity index (χ2v) is 8.27. The lowest BCUT2D eigenvalue weighted by atomic mass is 9.66. The van der Waals surface area contributed by atoms with Crippen LogP contribution in [0.3, 0.4) is 0 Å². The Morgan fingerprint density at radius 3 is 1.95 bits per heavy atom. The Kier molecular flexibility index (Phi) is 4.32. The summed E-state index contributed by atoms with van der Waals surface area (Å²) in [5.74, 6) is 1.10. The number of hydrogen-bond acceptors (Lipinski definition) is 3.